The SMILES string of the molecule is C[N+]12CCCCC1C1CCCC[NH+]1CCC2. The predicted molar refractivity (Wildman–Crippen MR) is 66.5 cm³/mol. The van der Waals surface area contributed by atoms with Crippen molar-refractivity contribution in [1.82, 2.24) is 0 Å². The third-order valence-corrected chi connectivity index (χ3v) is 5.64. The Labute approximate surface area is 100 Å². The van der Waals surface area contributed by atoms with Gasteiger partial charge in [0.05, 0.1) is 33.2 Å². The number of nitrogens with zero attached hydrogens (tertiary/aromatic N) is 1. The van der Waals surface area contributed by atoms with Gasteiger partial charge in [0.25, 0.3) is 0 Å². The van der Waals surface area contributed by atoms with Crippen molar-refractivity contribution in [2.45, 2.75) is 57.0 Å². The topological polar surface area (TPSA) is 4.44 Å². The zero-order chi connectivity index (χ0) is 11.0. The largest absolute Gasteiger partial charge is 0.327 e. The quantitative estimate of drug-likeness (QED) is 0.581. The van der Waals surface area contributed by atoms with Crippen LogP contribution in [0.5, 0.6) is 0 Å². The van der Waals surface area contributed by atoms with Gasteiger partial charge in [0.15, 0.2) is 0 Å². The molecule has 0 aromatic heterocycles. The molecule has 0 aliphatic carbocycles. The maximum absolute atomic E-state index is 2.56. The summed E-state index contributed by atoms with van der Waals surface area (Å²) in [6, 6.07) is 2.02. The van der Waals surface area contributed by atoms with E-state index in [1.54, 1.807) is 0 Å². The summed E-state index contributed by atoms with van der Waals surface area (Å²) >= 11 is 0. The Morgan fingerprint density at radius 1 is 0.875 bits per heavy atom. The van der Waals surface area contributed by atoms with E-state index < -0.39 is 0 Å². The Morgan fingerprint density at radius 3 is 2.56 bits per heavy atom. The Balaban J connectivity index is 1.84. The molecule has 4 unspecified atom stereocenters. The van der Waals surface area contributed by atoms with E-state index in [1.165, 1.54) is 75.6 Å². The normalized spacial score (nSPS) is 48.9. The molecule has 3 aliphatic heterocycles. The molecular weight excluding hydrogens is 196 g/mol. The molecule has 0 spiro atoms. The van der Waals surface area contributed by atoms with Gasteiger partial charge < -0.3 is 9.38 Å². The highest BCUT2D eigenvalue weighted by molar-refractivity contribution is 4.78. The zero-order valence-corrected chi connectivity index (χ0v) is 10.9. The zero-order valence-electron chi connectivity index (χ0n) is 10.9. The lowest BCUT2D eigenvalue weighted by atomic mass is 9.88. The summed E-state index contributed by atoms with van der Waals surface area (Å²) < 4.78 is 1.42. The molecule has 0 aromatic rings. The van der Waals surface area contributed by atoms with Crippen LogP contribution in [0.3, 0.4) is 0 Å². The smallest absolute Gasteiger partial charge is 0.141 e. The predicted octanol–water partition coefficient (Wildman–Crippen LogP) is 0.827. The van der Waals surface area contributed by atoms with Crippen molar-refractivity contribution in [2.24, 2.45) is 0 Å². The monoisotopic (exact) mass is 224 g/mol. The van der Waals surface area contributed by atoms with E-state index in [1.807, 2.05) is 4.90 Å². The summed E-state index contributed by atoms with van der Waals surface area (Å²) in [5.41, 5.74) is 0. The van der Waals surface area contributed by atoms with Crippen LogP contribution < -0.4 is 4.90 Å². The van der Waals surface area contributed by atoms with Crippen molar-refractivity contribution in [3.05, 3.63) is 0 Å². The maximum atomic E-state index is 2.56. The molecule has 4 atom stereocenters. The average Bonchev–Trinajstić information content (AvgIpc) is 2.45. The van der Waals surface area contributed by atoms with Gasteiger partial charge in [-0.3, -0.25) is 0 Å². The van der Waals surface area contributed by atoms with E-state index in [2.05, 4.69) is 7.05 Å². The van der Waals surface area contributed by atoms with Crippen LogP contribution in [0, 0.1) is 0 Å². The van der Waals surface area contributed by atoms with Crippen molar-refractivity contribution in [3.8, 4) is 0 Å². The lowest BCUT2D eigenvalue weighted by molar-refractivity contribution is -0.985. The minimum Gasteiger partial charge on any atom is -0.327 e. The fourth-order valence-electron chi connectivity index (χ4n) is 4.77. The highest BCUT2D eigenvalue weighted by Gasteiger charge is 2.47. The minimum atomic E-state index is 1.01. The van der Waals surface area contributed by atoms with E-state index in [4.69, 9.17) is 0 Å². The van der Waals surface area contributed by atoms with E-state index in [9.17, 15) is 0 Å². The van der Waals surface area contributed by atoms with Gasteiger partial charge in [-0.1, -0.05) is 0 Å². The molecule has 0 amide bonds. The fourth-order valence-corrected chi connectivity index (χ4v) is 4.77. The first kappa shape index (κ1) is 11.0. The van der Waals surface area contributed by atoms with Crippen LogP contribution in [-0.4, -0.2) is 49.8 Å². The number of hydrogen-bond acceptors (Lipinski definition) is 0. The molecule has 1 N–H and O–H groups in total. The molecule has 0 bridgehead atoms. The van der Waals surface area contributed by atoms with Crippen LogP contribution in [0.15, 0.2) is 0 Å². The van der Waals surface area contributed by atoms with Crippen LogP contribution in [-0.2, 0) is 0 Å². The van der Waals surface area contributed by atoms with E-state index >= 15 is 0 Å². The molecule has 3 rings (SSSR count). The van der Waals surface area contributed by atoms with Gasteiger partial charge in [0.1, 0.15) is 12.1 Å². The summed E-state index contributed by atoms with van der Waals surface area (Å²) in [5, 5.41) is 0. The highest BCUT2D eigenvalue weighted by atomic mass is 15.4. The molecule has 16 heavy (non-hydrogen) atoms. The van der Waals surface area contributed by atoms with Crippen molar-refractivity contribution in [3.63, 3.8) is 0 Å². The molecule has 3 aliphatic rings. The number of piperidine rings is 2. The number of likely N-dealkylation sites (N-methyl/N-ethyl adjacent to an activating group) is 1. The molecule has 3 fully saturated rings. The second-order valence-electron chi connectivity index (χ2n) is 6.60. The van der Waals surface area contributed by atoms with Gasteiger partial charge in [-0.25, -0.2) is 0 Å². The molecule has 3 heterocycles. The first-order valence-corrected chi connectivity index (χ1v) is 7.48. The molecular formula is C14H28N2+2. The summed E-state index contributed by atoms with van der Waals surface area (Å²) in [5.74, 6) is 0. The van der Waals surface area contributed by atoms with E-state index in [-0.39, 0.29) is 0 Å². The summed E-state index contributed by atoms with van der Waals surface area (Å²) in [6.07, 6.45) is 10.5. The molecule has 3 saturated heterocycles. The number of fused-ring (bicyclic) bond motifs is 3. The molecule has 0 radical (unpaired) electrons. The van der Waals surface area contributed by atoms with Crippen molar-refractivity contribution in [2.75, 3.05) is 33.2 Å². The van der Waals surface area contributed by atoms with Crippen LogP contribution >= 0.6 is 0 Å². The van der Waals surface area contributed by atoms with Gasteiger partial charge in [-0.2, -0.15) is 0 Å². The molecule has 2 nitrogen and oxygen atoms in total. The lowest BCUT2D eigenvalue weighted by Crippen LogP contribution is -3.17. The van der Waals surface area contributed by atoms with Gasteiger partial charge in [-0.15, -0.1) is 0 Å². The summed E-state index contributed by atoms with van der Waals surface area (Å²) in [7, 11) is 2.56. The number of nitrogens with one attached hydrogen (secondary N) is 1. The van der Waals surface area contributed by atoms with E-state index in [0.717, 1.165) is 12.1 Å². The molecule has 92 valence electrons. The van der Waals surface area contributed by atoms with Crippen molar-refractivity contribution >= 4 is 0 Å². The highest BCUT2D eigenvalue weighted by Crippen LogP contribution is 2.29. The summed E-state index contributed by atoms with van der Waals surface area (Å²) in [4.78, 5) is 1.97. The number of rotatable bonds is 0. The minimum absolute atomic E-state index is 1.01. The Morgan fingerprint density at radius 2 is 1.62 bits per heavy atom. The lowest BCUT2D eigenvalue weighted by Gasteiger charge is -2.47. The first-order valence-electron chi connectivity index (χ1n) is 7.48. The fraction of sp³-hybridized carbons (Fsp3) is 1.00. The van der Waals surface area contributed by atoms with Crippen molar-refractivity contribution in [1.29, 1.82) is 0 Å². The van der Waals surface area contributed by atoms with Gasteiger partial charge in [-0.05, 0) is 25.7 Å². The molecule has 0 saturated carbocycles. The van der Waals surface area contributed by atoms with Crippen LogP contribution in [0.1, 0.15) is 44.9 Å². The maximum Gasteiger partial charge on any atom is 0.141 e. The Bertz CT molecular complexity index is 253. The van der Waals surface area contributed by atoms with Crippen LogP contribution in [0.25, 0.3) is 0 Å². The van der Waals surface area contributed by atoms with E-state index in [0.29, 0.717) is 0 Å². The van der Waals surface area contributed by atoms with Crippen LogP contribution in [0.2, 0.25) is 0 Å². The second-order valence-corrected chi connectivity index (χ2v) is 6.60. The van der Waals surface area contributed by atoms with Gasteiger partial charge >= 0.3 is 0 Å². The van der Waals surface area contributed by atoms with Gasteiger partial charge in [0, 0.05) is 19.3 Å². The standard InChI is InChI=1S/C14H27N2/c1-16-11-5-3-8-14(16)13-7-2-4-9-15(13)10-6-12-16/h13-14H,2-12H2,1H3/q+1/p+1. The average molecular weight is 224 g/mol. The second kappa shape index (κ2) is 4.30. The number of quaternary nitrogens is 2. The molecule has 2 heteroatoms. The Kier molecular flexibility index (Phi) is 2.97. The summed E-state index contributed by atoms with van der Waals surface area (Å²) in [6.45, 7) is 5.87. The molecule has 0 aromatic carbocycles. The van der Waals surface area contributed by atoms with Crippen LogP contribution in [0.4, 0.5) is 0 Å². The third-order valence-electron chi connectivity index (χ3n) is 5.64. The van der Waals surface area contributed by atoms with Crippen molar-refractivity contribution < 1.29 is 9.38 Å². The number of hydrogen-bond donors (Lipinski definition) is 1. The third kappa shape index (κ3) is 1.80. The first-order chi connectivity index (χ1) is 7.80. The Hall–Kier alpha value is -0.0800. The van der Waals surface area contributed by atoms with Gasteiger partial charge in [0.2, 0.25) is 0 Å².